The molecule has 0 spiro atoms. The molecule has 2 aliphatic carbocycles. The number of H-pyrrole nitrogens is 1. The molecule has 2 aliphatic rings. The minimum absolute atomic E-state index is 0.0101. The second kappa shape index (κ2) is 4.99. The van der Waals surface area contributed by atoms with Crippen molar-refractivity contribution in [2.75, 3.05) is 13.7 Å². The molecule has 0 saturated heterocycles. The molecule has 4 rings (SSSR count). The van der Waals surface area contributed by atoms with Crippen LogP contribution in [0.15, 0.2) is 48.5 Å². The molecule has 3 atom stereocenters. The Morgan fingerprint density at radius 3 is 3.23 bits per heavy atom. The molecule has 2 heterocycles. The number of methoxy groups -OCH3 is 1. The quantitative estimate of drug-likeness (QED) is 0.914. The average Bonchev–Trinajstić information content (AvgIpc) is 3.16. The van der Waals surface area contributed by atoms with Gasteiger partial charge in [0.2, 0.25) is 0 Å². The van der Waals surface area contributed by atoms with Crippen molar-refractivity contribution in [3.63, 3.8) is 0 Å². The standard InChI is InChI=1S/C18H20N2O2/c1-3-22-15-7-4-8-18(10-14(15)18)16(21-2)13-11-20-17-12(13)6-5-9-19-17/h4-9,11,14,16H,3,10H2,1-2H3,(H,19,20). The predicted molar refractivity (Wildman–Crippen MR) is 85.2 cm³/mol. The highest BCUT2D eigenvalue weighted by Crippen LogP contribution is 2.67. The van der Waals surface area contributed by atoms with Gasteiger partial charge in [0.05, 0.1) is 18.5 Å². The van der Waals surface area contributed by atoms with E-state index in [0.29, 0.717) is 12.5 Å². The fraction of sp³-hybridized carbons (Fsp3) is 0.389. The Balaban J connectivity index is 1.73. The number of nitrogens with one attached hydrogen (secondary N) is 1. The second-order valence-electron chi connectivity index (χ2n) is 5.99. The fourth-order valence-corrected chi connectivity index (χ4v) is 3.81. The van der Waals surface area contributed by atoms with Crippen molar-refractivity contribution in [1.29, 1.82) is 0 Å². The number of ether oxygens (including phenoxy) is 2. The lowest BCUT2D eigenvalue weighted by atomic mass is 9.87. The van der Waals surface area contributed by atoms with E-state index in [-0.39, 0.29) is 11.5 Å². The van der Waals surface area contributed by atoms with Gasteiger partial charge in [-0.15, -0.1) is 0 Å². The summed E-state index contributed by atoms with van der Waals surface area (Å²) in [4.78, 5) is 7.63. The number of pyridine rings is 1. The molecule has 0 aliphatic heterocycles. The molecule has 1 fully saturated rings. The first-order valence-electron chi connectivity index (χ1n) is 7.77. The molecule has 2 aromatic heterocycles. The highest BCUT2D eigenvalue weighted by Gasteiger charge is 2.61. The van der Waals surface area contributed by atoms with Gasteiger partial charge in [0.25, 0.3) is 0 Å². The maximum Gasteiger partial charge on any atom is 0.137 e. The molecule has 4 nitrogen and oxygen atoms in total. The van der Waals surface area contributed by atoms with E-state index in [1.165, 1.54) is 5.56 Å². The van der Waals surface area contributed by atoms with Crippen LogP contribution in [0.3, 0.4) is 0 Å². The largest absolute Gasteiger partial charge is 0.498 e. The molecule has 0 bridgehead atoms. The first-order chi connectivity index (χ1) is 10.8. The number of rotatable bonds is 5. The molecule has 114 valence electrons. The molecule has 3 unspecified atom stereocenters. The first kappa shape index (κ1) is 13.6. The van der Waals surface area contributed by atoms with E-state index >= 15 is 0 Å². The van der Waals surface area contributed by atoms with Gasteiger partial charge >= 0.3 is 0 Å². The number of allylic oxidation sites excluding steroid dienone is 3. The number of aromatic nitrogens is 2. The van der Waals surface area contributed by atoms with Crippen LogP contribution < -0.4 is 0 Å². The Kier molecular flexibility index (Phi) is 3.08. The smallest absolute Gasteiger partial charge is 0.137 e. The number of nitrogens with zero attached hydrogens (tertiary/aromatic N) is 1. The lowest BCUT2D eigenvalue weighted by Crippen LogP contribution is -2.19. The maximum atomic E-state index is 5.93. The summed E-state index contributed by atoms with van der Waals surface area (Å²) in [7, 11) is 1.79. The summed E-state index contributed by atoms with van der Waals surface area (Å²) in [6.07, 6.45) is 11.4. The topological polar surface area (TPSA) is 47.1 Å². The van der Waals surface area contributed by atoms with E-state index < -0.39 is 0 Å². The molecular weight excluding hydrogens is 276 g/mol. The summed E-state index contributed by atoms with van der Waals surface area (Å²) >= 11 is 0. The van der Waals surface area contributed by atoms with Crippen molar-refractivity contribution in [2.45, 2.75) is 19.4 Å². The molecule has 1 saturated carbocycles. The maximum absolute atomic E-state index is 5.93. The average molecular weight is 296 g/mol. The number of hydrogen-bond acceptors (Lipinski definition) is 3. The molecule has 1 N–H and O–H groups in total. The number of fused-ring (bicyclic) bond motifs is 2. The summed E-state index contributed by atoms with van der Waals surface area (Å²) in [6.45, 7) is 2.74. The normalized spacial score (nSPS) is 27.4. The summed E-state index contributed by atoms with van der Waals surface area (Å²) in [5.74, 6) is 1.51. The van der Waals surface area contributed by atoms with Crippen LogP contribution in [-0.2, 0) is 9.47 Å². The van der Waals surface area contributed by atoms with Crippen LogP contribution in [-0.4, -0.2) is 23.7 Å². The second-order valence-corrected chi connectivity index (χ2v) is 5.99. The Labute approximate surface area is 129 Å². The Bertz CT molecular complexity index is 761. The van der Waals surface area contributed by atoms with Crippen LogP contribution in [0.25, 0.3) is 11.0 Å². The van der Waals surface area contributed by atoms with Gasteiger partial charge in [-0.2, -0.15) is 0 Å². The van der Waals surface area contributed by atoms with Crippen molar-refractivity contribution in [3.05, 3.63) is 54.1 Å². The van der Waals surface area contributed by atoms with Crippen LogP contribution in [0.5, 0.6) is 0 Å². The molecule has 0 amide bonds. The third-order valence-corrected chi connectivity index (χ3v) is 4.86. The van der Waals surface area contributed by atoms with Crippen molar-refractivity contribution in [1.82, 2.24) is 9.97 Å². The molecule has 4 heteroatoms. The molecule has 2 aromatic rings. The van der Waals surface area contributed by atoms with E-state index in [0.717, 1.165) is 23.2 Å². The molecular formula is C18H20N2O2. The van der Waals surface area contributed by atoms with E-state index in [2.05, 4.69) is 34.3 Å². The molecule has 0 radical (unpaired) electrons. The summed E-state index contributed by atoms with van der Waals surface area (Å²) in [6, 6.07) is 4.07. The van der Waals surface area contributed by atoms with Crippen molar-refractivity contribution in [2.24, 2.45) is 11.3 Å². The number of aromatic amines is 1. The van der Waals surface area contributed by atoms with Gasteiger partial charge in [-0.1, -0.05) is 12.2 Å². The van der Waals surface area contributed by atoms with Gasteiger partial charge in [-0.05, 0) is 31.6 Å². The van der Waals surface area contributed by atoms with Crippen LogP contribution >= 0.6 is 0 Å². The monoisotopic (exact) mass is 296 g/mol. The van der Waals surface area contributed by atoms with Crippen LogP contribution in [0.2, 0.25) is 0 Å². The summed E-state index contributed by atoms with van der Waals surface area (Å²) in [5, 5.41) is 1.13. The van der Waals surface area contributed by atoms with E-state index in [9.17, 15) is 0 Å². The molecule has 0 aromatic carbocycles. The predicted octanol–water partition coefficient (Wildman–Crippen LogP) is 3.75. The van der Waals surface area contributed by atoms with Gasteiger partial charge in [-0.25, -0.2) is 4.98 Å². The lowest BCUT2D eigenvalue weighted by molar-refractivity contribution is 0.0492. The van der Waals surface area contributed by atoms with Crippen molar-refractivity contribution in [3.8, 4) is 0 Å². The highest BCUT2D eigenvalue weighted by atomic mass is 16.5. The first-order valence-corrected chi connectivity index (χ1v) is 7.77. The fourth-order valence-electron chi connectivity index (χ4n) is 3.81. The summed E-state index contributed by atoms with van der Waals surface area (Å²) < 4.78 is 11.7. The number of hydrogen-bond donors (Lipinski definition) is 1. The van der Waals surface area contributed by atoms with Gasteiger partial charge < -0.3 is 14.5 Å². The van der Waals surface area contributed by atoms with E-state index in [1.807, 2.05) is 19.2 Å². The van der Waals surface area contributed by atoms with Gasteiger partial charge in [0.15, 0.2) is 0 Å². The van der Waals surface area contributed by atoms with E-state index in [1.54, 1.807) is 13.3 Å². The van der Waals surface area contributed by atoms with Crippen molar-refractivity contribution < 1.29 is 9.47 Å². The summed E-state index contributed by atoms with van der Waals surface area (Å²) in [5.41, 5.74) is 2.10. The Hall–Kier alpha value is -2.07. The van der Waals surface area contributed by atoms with Crippen LogP contribution in [0.1, 0.15) is 25.0 Å². The van der Waals surface area contributed by atoms with Gasteiger partial charge in [0, 0.05) is 41.8 Å². The minimum atomic E-state index is 0.0101. The molecule has 22 heavy (non-hydrogen) atoms. The third-order valence-electron chi connectivity index (χ3n) is 4.86. The van der Waals surface area contributed by atoms with Crippen molar-refractivity contribution >= 4 is 11.0 Å². The zero-order chi connectivity index (χ0) is 15.2. The van der Waals surface area contributed by atoms with Crippen LogP contribution in [0, 0.1) is 11.3 Å². The Morgan fingerprint density at radius 2 is 2.41 bits per heavy atom. The Morgan fingerprint density at radius 1 is 1.50 bits per heavy atom. The van der Waals surface area contributed by atoms with Crippen LogP contribution in [0.4, 0.5) is 0 Å². The van der Waals surface area contributed by atoms with Gasteiger partial charge in [-0.3, -0.25) is 0 Å². The zero-order valence-electron chi connectivity index (χ0n) is 12.9. The zero-order valence-corrected chi connectivity index (χ0v) is 12.9. The SMILES string of the molecule is CCOC1=CC=CC2(C(OC)c3c[nH]c4ncccc34)CC12. The van der Waals surface area contributed by atoms with E-state index in [4.69, 9.17) is 9.47 Å². The van der Waals surface area contributed by atoms with Gasteiger partial charge in [0.1, 0.15) is 5.65 Å². The third kappa shape index (κ3) is 1.83. The minimum Gasteiger partial charge on any atom is -0.498 e. The lowest BCUT2D eigenvalue weighted by Gasteiger charge is -2.26. The highest BCUT2D eigenvalue weighted by molar-refractivity contribution is 5.80.